The molecule has 0 bridgehead atoms. The van der Waals surface area contributed by atoms with Gasteiger partial charge in [0.25, 0.3) is 0 Å². The second-order valence-corrected chi connectivity index (χ2v) is 2.93. The molecule has 0 aliphatic carbocycles. The molecule has 0 aromatic carbocycles. The minimum absolute atomic E-state index is 0. The first-order chi connectivity index (χ1) is 2.00. The fourth-order valence-corrected chi connectivity index (χ4v) is 0. The minimum atomic E-state index is -7.26. The SMILES string of the molecule is [BiH3].[F][Y]([F])([F])[F].[NaH]. The summed E-state index contributed by atoms with van der Waals surface area (Å²) >= 11 is -7.26. The van der Waals surface area contributed by atoms with Gasteiger partial charge >= 0.3 is 92.0 Å². The molecule has 0 radical (unpaired) electrons. The molecule has 0 saturated heterocycles. The molecule has 41 valence electrons. The van der Waals surface area contributed by atoms with Crippen molar-refractivity contribution in [2.24, 2.45) is 0 Å². The predicted molar refractivity (Wildman–Crippen MR) is 21.5 cm³/mol. The van der Waals surface area contributed by atoms with Gasteiger partial charge < -0.3 is 0 Å². The Balaban J connectivity index is -0.0000000800. The maximum absolute atomic E-state index is 9.91. The Morgan fingerprint density at radius 3 is 0.857 bits per heavy atom. The molecule has 0 rings (SSSR count). The van der Waals surface area contributed by atoms with Crippen molar-refractivity contribution >= 4 is 55.8 Å². The Hall–Kier alpha value is 2.71. The summed E-state index contributed by atoms with van der Waals surface area (Å²) in [5.74, 6) is 0. The second kappa shape index (κ2) is 6.82. The van der Waals surface area contributed by atoms with Crippen LogP contribution in [0.3, 0.4) is 0 Å². The van der Waals surface area contributed by atoms with Gasteiger partial charge in [0.2, 0.25) is 0 Å². The summed E-state index contributed by atoms with van der Waals surface area (Å²) < 4.78 is 39.6. The summed E-state index contributed by atoms with van der Waals surface area (Å²) in [6, 6.07) is 0. The van der Waals surface area contributed by atoms with Crippen molar-refractivity contribution in [2.75, 3.05) is 0 Å². The zero-order valence-electron chi connectivity index (χ0n) is 2.80. The number of halogens is 4. The van der Waals surface area contributed by atoms with Crippen LogP contribution in [0.1, 0.15) is 0 Å². The van der Waals surface area contributed by atoms with Crippen LogP contribution in [0.4, 0.5) is 7.70 Å². The monoisotopic (exact) mass is 401 g/mol. The Morgan fingerprint density at radius 2 is 0.857 bits per heavy atom. The molecule has 7 heavy (non-hydrogen) atoms. The molecule has 0 aliphatic heterocycles. The second-order valence-electron chi connectivity index (χ2n) is 0.495. The molecule has 0 aromatic rings. The van der Waals surface area contributed by atoms with Crippen LogP contribution < -0.4 is 0 Å². The summed E-state index contributed by atoms with van der Waals surface area (Å²) in [6.07, 6.45) is 0. The summed E-state index contributed by atoms with van der Waals surface area (Å²) in [4.78, 5) is 0. The zero-order valence-corrected chi connectivity index (χ0v) is 11.1. The molecule has 0 aromatic heterocycles. The van der Waals surface area contributed by atoms with E-state index in [-0.39, 0.29) is 55.8 Å². The standard InChI is InChI=1S/Bi.4FH.Na.Y.4H/h;4*1H;;;;;;/q;;;;;;+4;;;;/p-4. The molecular formula is H4BiF4NaY. The van der Waals surface area contributed by atoms with Gasteiger partial charge in [0.15, 0.2) is 0 Å². The average molecular weight is 401 g/mol. The van der Waals surface area contributed by atoms with E-state index in [0.717, 1.165) is 0 Å². The summed E-state index contributed by atoms with van der Waals surface area (Å²) in [5.41, 5.74) is 0. The van der Waals surface area contributed by atoms with Crippen LogP contribution >= 0.6 is 0 Å². The van der Waals surface area contributed by atoms with Crippen LogP contribution in [0.15, 0.2) is 0 Å². The normalized spacial score (nSPS) is 8.57. The first-order valence-corrected chi connectivity index (χ1v) is 5.16. The van der Waals surface area contributed by atoms with Crippen LogP contribution in [0.2, 0.25) is 0 Å². The molecule has 0 heterocycles. The Labute approximate surface area is 90.0 Å². The molecule has 0 unspecified atom stereocenters. The average Bonchev–Trinajstić information content (AvgIpc) is 0.722. The Bertz CT molecular complexity index is 27.2. The Morgan fingerprint density at radius 1 is 0.857 bits per heavy atom. The number of rotatable bonds is 0. The van der Waals surface area contributed by atoms with E-state index in [1.807, 2.05) is 0 Å². The van der Waals surface area contributed by atoms with E-state index < -0.39 is 28.5 Å². The third kappa shape index (κ3) is 53.4. The fraction of sp³-hybridized carbons (Fsp3) is 0. The first kappa shape index (κ1) is 16.4. The molecule has 0 atom stereocenters. The quantitative estimate of drug-likeness (QED) is 0.392. The van der Waals surface area contributed by atoms with Gasteiger partial charge in [0, 0.05) is 0 Å². The van der Waals surface area contributed by atoms with Crippen LogP contribution in [-0.2, 0) is 28.5 Å². The van der Waals surface area contributed by atoms with Crippen LogP contribution in [0.25, 0.3) is 0 Å². The first-order valence-electron chi connectivity index (χ1n) is 0.873. The van der Waals surface area contributed by atoms with Crippen LogP contribution in [-0.4, -0.2) is 55.8 Å². The van der Waals surface area contributed by atoms with E-state index in [1.165, 1.54) is 0 Å². The third-order valence-corrected chi connectivity index (χ3v) is 0. The van der Waals surface area contributed by atoms with E-state index in [4.69, 9.17) is 0 Å². The van der Waals surface area contributed by atoms with E-state index >= 15 is 0 Å². The number of hydrogen-bond acceptors (Lipinski definition) is 0. The van der Waals surface area contributed by atoms with E-state index in [9.17, 15) is 7.70 Å². The summed E-state index contributed by atoms with van der Waals surface area (Å²) in [5, 5.41) is 0. The van der Waals surface area contributed by atoms with Gasteiger partial charge in [-0.05, 0) is 0 Å². The summed E-state index contributed by atoms with van der Waals surface area (Å²) in [7, 11) is 0. The van der Waals surface area contributed by atoms with E-state index in [1.54, 1.807) is 0 Å². The molecule has 0 spiro atoms. The van der Waals surface area contributed by atoms with Gasteiger partial charge in [0.05, 0.1) is 0 Å². The third-order valence-electron chi connectivity index (χ3n) is 0. The molecule has 7 heteroatoms. The topological polar surface area (TPSA) is 0 Å². The van der Waals surface area contributed by atoms with Gasteiger partial charge in [0.1, 0.15) is 0 Å². The van der Waals surface area contributed by atoms with Crippen molar-refractivity contribution in [1.29, 1.82) is 0 Å². The van der Waals surface area contributed by atoms with Crippen molar-refractivity contribution in [3.8, 4) is 0 Å². The van der Waals surface area contributed by atoms with Crippen molar-refractivity contribution in [2.45, 2.75) is 0 Å². The van der Waals surface area contributed by atoms with Gasteiger partial charge in [-0.3, -0.25) is 0 Å². The van der Waals surface area contributed by atoms with Gasteiger partial charge in [-0.1, -0.05) is 0 Å². The Kier molecular flexibility index (Phi) is 15.9. The molecule has 0 amide bonds. The van der Waals surface area contributed by atoms with Crippen molar-refractivity contribution in [3.05, 3.63) is 0 Å². The van der Waals surface area contributed by atoms with Crippen molar-refractivity contribution < 1.29 is 36.2 Å². The maximum atomic E-state index is 9.91. The van der Waals surface area contributed by atoms with Crippen molar-refractivity contribution in [1.82, 2.24) is 0 Å². The summed E-state index contributed by atoms with van der Waals surface area (Å²) in [6.45, 7) is 0. The molecule has 0 nitrogen and oxygen atoms in total. The van der Waals surface area contributed by atoms with E-state index in [0.29, 0.717) is 0 Å². The fourth-order valence-electron chi connectivity index (χ4n) is 0. The molecule has 0 aliphatic rings. The van der Waals surface area contributed by atoms with Crippen molar-refractivity contribution in [3.63, 3.8) is 0 Å². The van der Waals surface area contributed by atoms with E-state index in [2.05, 4.69) is 0 Å². The predicted octanol–water partition coefficient (Wildman–Crippen LogP) is -0.154. The van der Waals surface area contributed by atoms with Crippen LogP contribution in [0, 0.1) is 0 Å². The van der Waals surface area contributed by atoms with Gasteiger partial charge in [-0.2, -0.15) is 0 Å². The molecule has 0 saturated carbocycles. The van der Waals surface area contributed by atoms with Crippen LogP contribution in [0.5, 0.6) is 0 Å². The molecular weight excluding hydrogens is 397 g/mol. The number of hydrogen-bond donors (Lipinski definition) is 0. The molecule has 0 N–H and O–H groups in total. The zero-order chi connectivity index (χ0) is 4.50. The van der Waals surface area contributed by atoms with Gasteiger partial charge in [-0.15, -0.1) is 0 Å². The molecule has 0 fully saturated rings. The van der Waals surface area contributed by atoms with Gasteiger partial charge in [-0.25, -0.2) is 0 Å².